The van der Waals surface area contributed by atoms with Gasteiger partial charge >= 0.3 is 5.69 Å². The van der Waals surface area contributed by atoms with E-state index >= 15 is 0 Å². The Hall–Kier alpha value is -1.28. The molecule has 1 heterocycles. The van der Waals surface area contributed by atoms with E-state index in [-0.39, 0.29) is 11.6 Å². The summed E-state index contributed by atoms with van der Waals surface area (Å²) in [5.41, 5.74) is 4.54. The molecule has 1 aliphatic rings. The van der Waals surface area contributed by atoms with E-state index in [0.29, 0.717) is 23.4 Å². The van der Waals surface area contributed by atoms with Gasteiger partial charge in [0.1, 0.15) is 0 Å². The molecule has 1 atom stereocenters. The van der Waals surface area contributed by atoms with Crippen LogP contribution in [0.1, 0.15) is 26.2 Å². The van der Waals surface area contributed by atoms with Crippen molar-refractivity contribution in [3.8, 4) is 0 Å². The van der Waals surface area contributed by atoms with Crippen molar-refractivity contribution in [2.75, 3.05) is 5.75 Å². The van der Waals surface area contributed by atoms with Crippen LogP contribution in [0, 0.1) is 0 Å². The molecule has 7 nitrogen and oxygen atoms in total. The number of aromatic amines is 1. The minimum Gasteiger partial charge on any atom is -0.368 e. The lowest BCUT2D eigenvalue weighted by Gasteiger charge is -2.27. The van der Waals surface area contributed by atoms with E-state index < -0.39 is 5.54 Å². The van der Waals surface area contributed by atoms with Crippen LogP contribution in [0.3, 0.4) is 0 Å². The maximum absolute atomic E-state index is 11.6. The first-order valence-corrected chi connectivity index (χ1v) is 7.23. The van der Waals surface area contributed by atoms with Crippen molar-refractivity contribution in [2.24, 2.45) is 12.8 Å². The maximum atomic E-state index is 11.6. The van der Waals surface area contributed by atoms with Gasteiger partial charge in [-0.1, -0.05) is 11.8 Å². The van der Waals surface area contributed by atoms with E-state index in [2.05, 4.69) is 15.5 Å². The number of thioether (sulfide) groups is 1. The molecule has 1 unspecified atom stereocenters. The summed E-state index contributed by atoms with van der Waals surface area (Å²) in [6, 6.07) is 0.414. The highest BCUT2D eigenvalue weighted by Gasteiger charge is 2.36. The van der Waals surface area contributed by atoms with Gasteiger partial charge in [0, 0.05) is 18.8 Å². The number of aromatic nitrogens is 3. The van der Waals surface area contributed by atoms with E-state index in [1.165, 1.54) is 16.3 Å². The minimum absolute atomic E-state index is 0.240. The Labute approximate surface area is 115 Å². The summed E-state index contributed by atoms with van der Waals surface area (Å²) in [6.07, 6.45) is 2.80. The number of carbonyl (C=O) groups excluding carboxylic acids is 1. The third-order valence-electron chi connectivity index (χ3n) is 3.32. The summed E-state index contributed by atoms with van der Waals surface area (Å²) in [5, 5.41) is 10.2. The van der Waals surface area contributed by atoms with Gasteiger partial charge in [-0.15, -0.1) is 5.10 Å². The van der Waals surface area contributed by atoms with Gasteiger partial charge in [-0.3, -0.25) is 9.36 Å². The summed E-state index contributed by atoms with van der Waals surface area (Å²) in [7, 11) is 1.66. The van der Waals surface area contributed by atoms with Crippen molar-refractivity contribution in [1.29, 1.82) is 0 Å². The number of nitrogens with two attached hydrogens (primary N) is 1. The molecule has 1 saturated carbocycles. The van der Waals surface area contributed by atoms with Crippen LogP contribution < -0.4 is 16.7 Å². The summed E-state index contributed by atoms with van der Waals surface area (Å²) in [4.78, 5) is 22.8. The van der Waals surface area contributed by atoms with E-state index in [1.807, 2.05) is 6.92 Å². The van der Waals surface area contributed by atoms with Crippen LogP contribution in [0.4, 0.5) is 0 Å². The molecule has 4 N–H and O–H groups in total. The molecule has 1 aromatic rings. The summed E-state index contributed by atoms with van der Waals surface area (Å²) < 4.78 is 1.45. The van der Waals surface area contributed by atoms with Crippen LogP contribution in [0.15, 0.2) is 9.95 Å². The zero-order chi connectivity index (χ0) is 14.0. The highest BCUT2D eigenvalue weighted by molar-refractivity contribution is 7.99. The van der Waals surface area contributed by atoms with Crippen LogP contribution in [-0.2, 0) is 11.8 Å². The standard InChI is InChI=1S/C11H19N5O2S/c1-11(8(12)17,13-7-3-4-7)5-6-19-10-15-14-9(18)16(10)2/h7,13H,3-6H2,1-2H3,(H2,12,17)(H,14,18). The molecule has 0 radical (unpaired) electrons. The van der Waals surface area contributed by atoms with Gasteiger partial charge < -0.3 is 11.1 Å². The average molecular weight is 285 g/mol. The van der Waals surface area contributed by atoms with Crippen molar-refractivity contribution in [3.63, 3.8) is 0 Å². The van der Waals surface area contributed by atoms with Crippen LogP contribution in [0.5, 0.6) is 0 Å². The number of rotatable bonds is 7. The van der Waals surface area contributed by atoms with Crippen LogP contribution in [0.2, 0.25) is 0 Å². The molecule has 0 bridgehead atoms. The van der Waals surface area contributed by atoms with Crippen LogP contribution in [0.25, 0.3) is 0 Å². The predicted octanol–water partition coefficient (Wildman–Crippen LogP) is -0.413. The molecule has 8 heteroatoms. The Balaban J connectivity index is 1.90. The SMILES string of the molecule is Cn1c(SCCC(C)(NC2CC2)C(N)=O)n[nH]c1=O. The molecule has 1 aliphatic carbocycles. The number of carbonyl (C=O) groups is 1. The Morgan fingerprint density at radius 1 is 1.68 bits per heavy atom. The van der Waals surface area contributed by atoms with Crippen molar-refractivity contribution in [3.05, 3.63) is 10.5 Å². The van der Waals surface area contributed by atoms with E-state index in [0.717, 1.165) is 12.8 Å². The summed E-state index contributed by atoms with van der Waals surface area (Å²) >= 11 is 1.43. The highest BCUT2D eigenvalue weighted by atomic mass is 32.2. The number of primary amides is 1. The third-order valence-corrected chi connectivity index (χ3v) is 4.35. The zero-order valence-corrected chi connectivity index (χ0v) is 11.9. The van der Waals surface area contributed by atoms with Gasteiger partial charge in [-0.2, -0.15) is 0 Å². The number of amides is 1. The first-order valence-electron chi connectivity index (χ1n) is 6.24. The molecule has 0 saturated heterocycles. The molecule has 0 aliphatic heterocycles. The third kappa shape index (κ3) is 3.38. The Morgan fingerprint density at radius 2 is 2.37 bits per heavy atom. The minimum atomic E-state index is -0.691. The van der Waals surface area contributed by atoms with Crippen molar-refractivity contribution < 1.29 is 4.79 Å². The lowest BCUT2D eigenvalue weighted by molar-refractivity contribution is -0.124. The Kier molecular flexibility index (Phi) is 4.00. The highest BCUT2D eigenvalue weighted by Crippen LogP contribution is 2.25. The second-order valence-corrected chi connectivity index (χ2v) is 6.15. The monoisotopic (exact) mass is 285 g/mol. The van der Waals surface area contributed by atoms with Crippen molar-refractivity contribution in [2.45, 2.75) is 42.9 Å². The van der Waals surface area contributed by atoms with Crippen LogP contribution in [-0.4, -0.2) is 38.0 Å². The van der Waals surface area contributed by atoms with E-state index in [9.17, 15) is 9.59 Å². The fraction of sp³-hybridized carbons (Fsp3) is 0.727. The molecule has 19 heavy (non-hydrogen) atoms. The lowest BCUT2D eigenvalue weighted by atomic mass is 9.98. The molecular weight excluding hydrogens is 266 g/mol. The normalized spacial score (nSPS) is 18.2. The molecule has 106 valence electrons. The average Bonchev–Trinajstić information content (AvgIpc) is 3.10. The summed E-state index contributed by atoms with van der Waals surface area (Å²) in [5.74, 6) is 0.327. The largest absolute Gasteiger partial charge is 0.368 e. The molecule has 1 fully saturated rings. The van der Waals surface area contributed by atoms with Gasteiger partial charge in [-0.05, 0) is 26.2 Å². The van der Waals surface area contributed by atoms with Crippen molar-refractivity contribution >= 4 is 17.7 Å². The number of H-pyrrole nitrogens is 1. The second kappa shape index (κ2) is 5.38. The lowest BCUT2D eigenvalue weighted by Crippen LogP contribution is -2.54. The fourth-order valence-electron chi connectivity index (χ4n) is 1.75. The van der Waals surface area contributed by atoms with E-state index in [1.54, 1.807) is 7.05 Å². The quantitative estimate of drug-likeness (QED) is 0.590. The predicted molar refractivity (Wildman–Crippen MR) is 72.9 cm³/mol. The fourth-order valence-corrected chi connectivity index (χ4v) is 2.83. The van der Waals surface area contributed by atoms with E-state index in [4.69, 9.17) is 5.73 Å². The molecule has 1 aromatic heterocycles. The van der Waals surface area contributed by atoms with Gasteiger partial charge in [0.25, 0.3) is 0 Å². The zero-order valence-electron chi connectivity index (χ0n) is 11.1. The number of hydrogen-bond acceptors (Lipinski definition) is 5. The molecule has 0 spiro atoms. The van der Waals surface area contributed by atoms with Gasteiger partial charge in [0.15, 0.2) is 5.16 Å². The van der Waals surface area contributed by atoms with Gasteiger partial charge in [0.2, 0.25) is 5.91 Å². The Bertz CT molecular complexity index is 521. The number of nitrogens with one attached hydrogen (secondary N) is 2. The van der Waals surface area contributed by atoms with Gasteiger partial charge in [-0.25, -0.2) is 9.89 Å². The summed E-state index contributed by atoms with van der Waals surface area (Å²) in [6.45, 7) is 1.83. The smallest absolute Gasteiger partial charge is 0.343 e. The van der Waals surface area contributed by atoms with Gasteiger partial charge in [0.05, 0.1) is 5.54 Å². The molecular formula is C11H19N5O2S. The molecule has 1 amide bonds. The topological polar surface area (TPSA) is 106 Å². The first kappa shape index (κ1) is 14.1. The van der Waals surface area contributed by atoms with Crippen molar-refractivity contribution in [1.82, 2.24) is 20.1 Å². The number of hydrogen-bond donors (Lipinski definition) is 3. The Morgan fingerprint density at radius 3 is 2.84 bits per heavy atom. The molecule has 0 aromatic carbocycles. The first-order chi connectivity index (χ1) is 8.92. The maximum Gasteiger partial charge on any atom is 0.343 e. The number of nitrogens with zero attached hydrogens (tertiary/aromatic N) is 2. The second-order valence-electron chi connectivity index (χ2n) is 5.08. The van der Waals surface area contributed by atoms with Crippen LogP contribution >= 0.6 is 11.8 Å². The molecule has 2 rings (SSSR count).